The number of rotatable bonds is 9. The van der Waals surface area contributed by atoms with E-state index >= 15 is 0 Å². The summed E-state index contributed by atoms with van der Waals surface area (Å²) in [4.78, 5) is 0. The Bertz CT molecular complexity index is 773. The summed E-state index contributed by atoms with van der Waals surface area (Å²) in [5.41, 5.74) is 28.6. The molecule has 1 heteroatoms. The molecule has 0 bridgehead atoms. The molecule has 0 aromatic carbocycles. The fraction of sp³-hybridized carbons (Fsp3) is 0.444. The molecular formula is C27H27Y. The van der Waals surface area contributed by atoms with E-state index in [4.69, 9.17) is 0 Å². The van der Waals surface area contributed by atoms with Crippen molar-refractivity contribution >= 4 is 0 Å². The van der Waals surface area contributed by atoms with Gasteiger partial charge in [-0.1, -0.05) is 59.3 Å². The van der Waals surface area contributed by atoms with E-state index in [0.29, 0.717) is 0 Å². The van der Waals surface area contributed by atoms with Crippen LogP contribution in [0.25, 0.3) is 0 Å². The summed E-state index contributed by atoms with van der Waals surface area (Å²) < 4.78 is 0. The first-order valence-electron chi connectivity index (χ1n) is 9.93. The summed E-state index contributed by atoms with van der Waals surface area (Å²) in [6.45, 7) is 6.53. The predicted molar refractivity (Wildman–Crippen MR) is 110 cm³/mol. The maximum atomic E-state index is 2.94. The maximum Gasteiger partial charge on any atom is 3.00 e. The van der Waals surface area contributed by atoms with Crippen molar-refractivity contribution in [3.8, 4) is 0 Å². The second-order valence-electron chi connectivity index (χ2n) is 6.25. The Balaban J connectivity index is 0.000000384. The molecule has 0 saturated carbocycles. The Kier molecular flexibility index (Phi) is 17.6. The van der Waals surface area contributed by atoms with Gasteiger partial charge in [0, 0.05) is 0 Å². The van der Waals surface area contributed by atoms with Crippen molar-refractivity contribution in [2.24, 2.45) is 0 Å². The fourth-order valence-electron chi connectivity index (χ4n) is 2.17. The van der Waals surface area contributed by atoms with E-state index in [2.05, 4.69) is 90.6 Å². The Labute approximate surface area is 196 Å². The molecule has 0 aliphatic heterocycles. The van der Waals surface area contributed by atoms with Crippen LogP contribution in [-0.4, -0.2) is 0 Å². The van der Waals surface area contributed by atoms with Gasteiger partial charge >= 0.3 is 32.7 Å². The average Bonchev–Trinajstić information content (AvgIpc) is 3.47. The Hall–Kier alpha value is -1.66. The van der Waals surface area contributed by atoms with E-state index in [1.165, 1.54) is 38.5 Å². The molecule has 0 aromatic heterocycles. The number of hydrogen-bond donors (Lipinski definition) is 0. The molecular weight excluding hydrogens is 413 g/mol. The maximum absolute atomic E-state index is 2.94. The predicted octanol–water partition coefficient (Wildman–Crippen LogP) is 7.15. The first-order valence-corrected chi connectivity index (χ1v) is 9.93. The number of unbranched alkanes of at least 4 members (excludes halogenated alkanes) is 3. The first-order chi connectivity index (χ1) is 13.3. The van der Waals surface area contributed by atoms with Gasteiger partial charge in [0.15, 0.2) is 0 Å². The minimum Gasteiger partial charge on any atom is -0.291 e. The van der Waals surface area contributed by atoms with E-state index in [1.54, 1.807) is 0 Å². The van der Waals surface area contributed by atoms with Crippen molar-refractivity contribution < 1.29 is 32.7 Å². The topological polar surface area (TPSA) is 0 Å². The largest absolute Gasteiger partial charge is 3.00 e. The van der Waals surface area contributed by atoms with Crippen LogP contribution in [0.15, 0.2) is 68.3 Å². The molecule has 0 nitrogen and oxygen atoms in total. The standard InChI is InChI=1S/3C9H9.Y/c3*1-2-3-6-9-7-4-5-8-9;/h3*2-3,6H2,1H3;/q3*-1;+3. The summed E-state index contributed by atoms with van der Waals surface area (Å²) in [5.74, 6) is 0. The molecule has 0 heterocycles. The number of hydrogen-bond acceptors (Lipinski definition) is 0. The molecule has 0 N–H and O–H groups in total. The van der Waals surface area contributed by atoms with Crippen molar-refractivity contribution in [2.45, 2.75) is 78.6 Å². The van der Waals surface area contributed by atoms with Gasteiger partial charge < -0.3 is 0 Å². The fourth-order valence-corrected chi connectivity index (χ4v) is 2.17. The quantitative estimate of drug-likeness (QED) is 0.264. The van der Waals surface area contributed by atoms with Crippen molar-refractivity contribution in [3.05, 3.63) is 86.5 Å². The van der Waals surface area contributed by atoms with Crippen LogP contribution in [0.5, 0.6) is 0 Å². The second-order valence-corrected chi connectivity index (χ2v) is 6.25. The van der Waals surface area contributed by atoms with Crippen LogP contribution in [0.1, 0.15) is 78.6 Å². The van der Waals surface area contributed by atoms with Gasteiger partial charge in [-0.25, -0.2) is 17.2 Å². The number of allylic oxidation sites excluding steroid dienone is 6. The van der Waals surface area contributed by atoms with Gasteiger partial charge in [-0.05, 0) is 19.3 Å². The van der Waals surface area contributed by atoms with Crippen LogP contribution >= 0.6 is 0 Å². The molecule has 0 fully saturated rings. The first kappa shape index (κ1) is 26.3. The molecule has 0 unspecified atom stereocenters. The molecule has 0 spiro atoms. The Morgan fingerprint density at radius 1 is 0.536 bits per heavy atom. The molecule has 3 aliphatic carbocycles. The molecule has 3 aliphatic rings. The minimum absolute atomic E-state index is 0. The monoisotopic (exact) mass is 440 g/mol. The SMILES string of the molecule is CCCCC1=C=C=C=[C-]1.CCCCC1=C=C=C=[C-]1.CCCCC1=C=C=C=[C-]1.[Y+3]. The zero-order valence-electron chi connectivity index (χ0n) is 17.4. The normalized spacial score (nSPS) is 12.3. The third-order valence-electron chi connectivity index (χ3n) is 3.81. The molecule has 0 aromatic rings. The van der Waals surface area contributed by atoms with Gasteiger partial charge in [-0.15, -0.1) is 34.9 Å². The van der Waals surface area contributed by atoms with E-state index in [-0.39, 0.29) is 32.7 Å². The van der Waals surface area contributed by atoms with Gasteiger partial charge in [0.25, 0.3) is 0 Å². The van der Waals surface area contributed by atoms with Gasteiger partial charge in [0.1, 0.15) is 0 Å². The second kappa shape index (κ2) is 18.7. The Morgan fingerprint density at radius 3 is 1.00 bits per heavy atom. The summed E-state index contributed by atoms with van der Waals surface area (Å²) in [5, 5.41) is 0. The third kappa shape index (κ3) is 13.5. The molecule has 138 valence electrons. The van der Waals surface area contributed by atoms with Crippen LogP contribution in [0, 0.1) is 18.2 Å². The van der Waals surface area contributed by atoms with Crippen LogP contribution in [0.2, 0.25) is 0 Å². The summed E-state index contributed by atoms with van der Waals surface area (Å²) in [7, 11) is 0. The smallest absolute Gasteiger partial charge is 0.291 e. The molecule has 0 amide bonds. The Morgan fingerprint density at radius 2 is 0.821 bits per heavy atom. The average molecular weight is 440 g/mol. The third-order valence-corrected chi connectivity index (χ3v) is 3.81. The van der Waals surface area contributed by atoms with Crippen LogP contribution in [0.3, 0.4) is 0 Å². The molecule has 3 rings (SSSR count). The molecule has 0 saturated heterocycles. The van der Waals surface area contributed by atoms with Gasteiger partial charge in [0.2, 0.25) is 0 Å². The van der Waals surface area contributed by atoms with Crippen LogP contribution in [-0.2, 0) is 32.7 Å². The minimum atomic E-state index is 0. The summed E-state index contributed by atoms with van der Waals surface area (Å²) in [6, 6.07) is 0. The van der Waals surface area contributed by atoms with E-state index in [9.17, 15) is 0 Å². The zero-order chi connectivity index (χ0) is 19.6. The van der Waals surface area contributed by atoms with E-state index in [1.807, 2.05) is 0 Å². The van der Waals surface area contributed by atoms with Gasteiger partial charge in [-0.3, -0.25) is 34.4 Å². The zero-order valence-corrected chi connectivity index (χ0v) is 20.3. The molecule has 28 heavy (non-hydrogen) atoms. The van der Waals surface area contributed by atoms with Crippen LogP contribution in [0.4, 0.5) is 0 Å². The summed E-state index contributed by atoms with van der Waals surface area (Å²) in [6.07, 6.45) is 19.4. The van der Waals surface area contributed by atoms with Gasteiger partial charge in [-0.2, -0.15) is 0 Å². The van der Waals surface area contributed by atoms with E-state index in [0.717, 1.165) is 36.0 Å². The van der Waals surface area contributed by atoms with Crippen LogP contribution < -0.4 is 0 Å². The van der Waals surface area contributed by atoms with Crippen molar-refractivity contribution in [3.63, 3.8) is 0 Å². The molecule has 0 atom stereocenters. The van der Waals surface area contributed by atoms with Crippen molar-refractivity contribution in [1.29, 1.82) is 0 Å². The van der Waals surface area contributed by atoms with Crippen molar-refractivity contribution in [1.82, 2.24) is 0 Å². The van der Waals surface area contributed by atoms with E-state index < -0.39 is 0 Å². The van der Waals surface area contributed by atoms with Crippen molar-refractivity contribution in [2.75, 3.05) is 0 Å². The van der Waals surface area contributed by atoms with Gasteiger partial charge in [0.05, 0.1) is 0 Å². The summed E-state index contributed by atoms with van der Waals surface area (Å²) >= 11 is 0. The molecule has 0 radical (unpaired) electrons.